The van der Waals surface area contributed by atoms with Crippen molar-refractivity contribution in [1.82, 2.24) is 0 Å². The number of rotatable bonds is 1. The lowest BCUT2D eigenvalue weighted by atomic mass is 10.1. The molecule has 0 spiro atoms. The van der Waals surface area contributed by atoms with E-state index in [1.165, 1.54) is 16.9 Å². The Morgan fingerprint density at radius 1 is 1.33 bits per heavy atom. The first-order valence-electron chi connectivity index (χ1n) is 5.59. The molecule has 0 bridgehead atoms. The Kier molecular flexibility index (Phi) is 3.14. The lowest BCUT2D eigenvalue weighted by Gasteiger charge is -2.27. The third kappa shape index (κ3) is 2.18. The molecule has 0 saturated heterocycles. The summed E-state index contributed by atoms with van der Waals surface area (Å²) in [6.07, 6.45) is -0.0875. The molecule has 3 rings (SSSR count). The van der Waals surface area contributed by atoms with E-state index in [-0.39, 0.29) is 6.10 Å². The highest BCUT2D eigenvalue weighted by Gasteiger charge is 2.24. The maximum Gasteiger partial charge on any atom is 0.143 e. The number of anilines is 1. The van der Waals surface area contributed by atoms with Crippen LogP contribution in [0.3, 0.4) is 0 Å². The SMILES string of the molecule is Cc1ccc2c(c1)OC(c1cc(Cl)sc1Cl)CN2. The number of hydrogen-bond acceptors (Lipinski definition) is 3. The topological polar surface area (TPSA) is 21.3 Å². The van der Waals surface area contributed by atoms with Gasteiger partial charge in [0.1, 0.15) is 16.2 Å². The van der Waals surface area contributed by atoms with Crippen molar-refractivity contribution in [1.29, 1.82) is 0 Å². The third-order valence-electron chi connectivity index (χ3n) is 2.91. The molecular formula is C13H11Cl2NOS. The number of nitrogens with one attached hydrogen (secondary N) is 1. The molecule has 0 radical (unpaired) electrons. The molecule has 0 amide bonds. The fourth-order valence-electron chi connectivity index (χ4n) is 2.02. The van der Waals surface area contributed by atoms with Crippen molar-refractivity contribution in [2.45, 2.75) is 13.0 Å². The molecule has 2 heterocycles. The van der Waals surface area contributed by atoms with Gasteiger partial charge in [0.25, 0.3) is 0 Å². The zero-order chi connectivity index (χ0) is 12.7. The Labute approximate surface area is 119 Å². The summed E-state index contributed by atoms with van der Waals surface area (Å²) in [5, 5.41) is 3.35. The first kappa shape index (κ1) is 12.2. The highest BCUT2D eigenvalue weighted by Crippen LogP contribution is 2.40. The number of fused-ring (bicyclic) bond motifs is 1. The fraction of sp³-hybridized carbons (Fsp3) is 0.231. The van der Waals surface area contributed by atoms with E-state index < -0.39 is 0 Å². The smallest absolute Gasteiger partial charge is 0.143 e. The number of hydrogen-bond donors (Lipinski definition) is 1. The number of benzene rings is 1. The minimum atomic E-state index is -0.0875. The maximum absolute atomic E-state index is 6.16. The second kappa shape index (κ2) is 4.65. The summed E-state index contributed by atoms with van der Waals surface area (Å²) in [5.41, 5.74) is 3.14. The van der Waals surface area contributed by atoms with Crippen LogP contribution in [0.4, 0.5) is 5.69 Å². The summed E-state index contributed by atoms with van der Waals surface area (Å²) < 4.78 is 7.38. The lowest BCUT2D eigenvalue weighted by Crippen LogP contribution is -2.23. The van der Waals surface area contributed by atoms with Crippen LogP contribution >= 0.6 is 34.5 Å². The van der Waals surface area contributed by atoms with Crippen molar-refractivity contribution in [3.63, 3.8) is 0 Å². The van der Waals surface area contributed by atoms with Gasteiger partial charge < -0.3 is 10.1 Å². The van der Waals surface area contributed by atoms with Crippen LogP contribution in [0, 0.1) is 6.92 Å². The van der Waals surface area contributed by atoms with Crippen LogP contribution in [0.25, 0.3) is 0 Å². The molecule has 1 aromatic heterocycles. The quantitative estimate of drug-likeness (QED) is 0.808. The molecule has 5 heteroatoms. The second-order valence-corrected chi connectivity index (χ2v) is 6.55. The van der Waals surface area contributed by atoms with Crippen molar-refractivity contribution >= 4 is 40.2 Å². The molecule has 1 unspecified atom stereocenters. The highest BCUT2D eigenvalue weighted by atomic mass is 35.5. The van der Waals surface area contributed by atoms with Crippen molar-refractivity contribution in [2.75, 3.05) is 11.9 Å². The Balaban J connectivity index is 1.92. The van der Waals surface area contributed by atoms with Crippen LogP contribution < -0.4 is 10.1 Å². The molecule has 1 N–H and O–H groups in total. The van der Waals surface area contributed by atoms with Crippen LogP contribution in [0.2, 0.25) is 8.67 Å². The molecule has 2 nitrogen and oxygen atoms in total. The predicted octanol–water partition coefficient (Wildman–Crippen LogP) is 4.91. The molecule has 1 aliphatic rings. The average Bonchev–Trinajstić information content (AvgIpc) is 2.67. The van der Waals surface area contributed by atoms with Crippen LogP contribution in [-0.2, 0) is 0 Å². The third-order valence-corrected chi connectivity index (χ3v) is 4.43. The summed E-state index contributed by atoms with van der Waals surface area (Å²) >= 11 is 13.5. The van der Waals surface area contributed by atoms with Crippen LogP contribution in [0.1, 0.15) is 17.2 Å². The number of thiophene rings is 1. The molecular weight excluding hydrogens is 289 g/mol. The number of aryl methyl sites for hydroxylation is 1. The van der Waals surface area contributed by atoms with Gasteiger partial charge in [-0.2, -0.15) is 0 Å². The Morgan fingerprint density at radius 2 is 2.17 bits per heavy atom. The monoisotopic (exact) mass is 299 g/mol. The van der Waals surface area contributed by atoms with Gasteiger partial charge in [-0.15, -0.1) is 11.3 Å². The minimum Gasteiger partial charge on any atom is -0.482 e. The average molecular weight is 300 g/mol. The van der Waals surface area contributed by atoms with Crippen molar-refractivity contribution in [2.24, 2.45) is 0 Å². The molecule has 0 fully saturated rings. The molecule has 0 saturated carbocycles. The zero-order valence-electron chi connectivity index (χ0n) is 9.67. The van der Waals surface area contributed by atoms with E-state index >= 15 is 0 Å². The largest absolute Gasteiger partial charge is 0.482 e. The first-order chi connectivity index (χ1) is 8.63. The normalized spacial score (nSPS) is 17.8. The molecule has 0 aliphatic carbocycles. The fourth-order valence-corrected chi connectivity index (χ4v) is 3.58. The van der Waals surface area contributed by atoms with Crippen LogP contribution in [0.15, 0.2) is 24.3 Å². The lowest BCUT2D eigenvalue weighted by molar-refractivity contribution is 0.211. The summed E-state index contributed by atoms with van der Waals surface area (Å²) in [4.78, 5) is 0. The minimum absolute atomic E-state index is 0.0875. The molecule has 1 atom stereocenters. The molecule has 1 aliphatic heterocycles. The van der Waals surface area contributed by atoms with E-state index in [1.807, 2.05) is 25.1 Å². The first-order valence-corrected chi connectivity index (χ1v) is 7.16. The van der Waals surface area contributed by atoms with Gasteiger partial charge in [0.2, 0.25) is 0 Å². The molecule has 94 valence electrons. The summed E-state index contributed by atoms with van der Waals surface area (Å²) in [7, 11) is 0. The predicted molar refractivity (Wildman–Crippen MR) is 77.4 cm³/mol. The van der Waals surface area contributed by atoms with E-state index in [4.69, 9.17) is 27.9 Å². The van der Waals surface area contributed by atoms with Crippen molar-refractivity contribution < 1.29 is 4.74 Å². The molecule has 18 heavy (non-hydrogen) atoms. The summed E-state index contributed by atoms with van der Waals surface area (Å²) in [6, 6.07) is 7.99. The standard InChI is InChI=1S/C13H11Cl2NOS/c1-7-2-3-9-10(4-7)17-11(6-16-9)8-5-12(14)18-13(8)15/h2-5,11,16H,6H2,1H3. The summed E-state index contributed by atoms with van der Waals surface area (Å²) in [6.45, 7) is 2.74. The Morgan fingerprint density at radius 3 is 2.89 bits per heavy atom. The van der Waals surface area contributed by atoms with Gasteiger partial charge in [0, 0.05) is 5.56 Å². The van der Waals surface area contributed by atoms with E-state index in [2.05, 4.69) is 11.4 Å². The van der Waals surface area contributed by atoms with Gasteiger partial charge >= 0.3 is 0 Å². The van der Waals surface area contributed by atoms with E-state index in [1.54, 1.807) is 0 Å². The maximum atomic E-state index is 6.16. The molecule has 1 aromatic carbocycles. The van der Waals surface area contributed by atoms with Crippen molar-refractivity contribution in [3.8, 4) is 5.75 Å². The highest BCUT2D eigenvalue weighted by molar-refractivity contribution is 7.20. The van der Waals surface area contributed by atoms with Gasteiger partial charge in [0.05, 0.1) is 16.6 Å². The Hall–Kier alpha value is -0.900. The second-order valence-electron chi connectivity index (χ2n) is 4.27. The van der Waals surface area contributed by atoms with Crippen molar-refractivity contribution in [3.05, 3.63) is 44.1 Å². The molecule has 2 aromatic rings. The van der Waals surface area contributed by atoms with Gasteiger partial charge in [-0.25, -0.2) is 0 Å². The summed E-state index contributed by atoms with van der Waals surface area (Å²) in [5.74, 6) is 0.865. The van der Waals surface area contributed by atoms with Gasteiger partial charge in [-0.05, 0) is 30.7 Å². The van der Waals surface area contributed by atoms with Gasteiger partial charge in [-0.1, -0.05) is 29.3 Å². The van der Waals surface area contributed by atoms with E-state index in [0.29, 0.717) is 15.2 Å². The van der Waals surface area contributed by atoms with Gasteiger partial charge in [-0.3, -0.25) is 0 Å². The van der Waals surface area contributed by atoms with Gasteiger partial charge in [0.15, 0.2) is 0 Å². The zero-order valence-corrected chi connectivity index (χ0v) is 12.0. The number of halogens is 2. The van der Waals surface area contributed by atoms with Crippen LogP contribution in [-0.4, -0.2) is 6.54 Å². The Bertz CT molecular complexity index is 597. The van der Waals surface area contributed by atoms with E-state index in [0.717, 1.165) is 17.0 Å². The van der Waals surface area contributed by atoms with Crippen LogP contribution in [0.5, 0.6) is 5.75 Å². The van der Waals surface area contributed by atoms with E-state index in [9.17, 15) is 0 Å². The number of ether oxygens (including phenoxy) is 1.